The van der Waals surface area contributed by atoms with Gasteiger partial charge in [-0.05, 0) is 41.5 Å². The van der Waals surface area contributed by atoms with Crippen LogP contribution < -0.4 is 4.74 Å². The maximum atomic E-state index is 13.0. The number of hydrogen-bond acceptors (Lipinski definition) is 5. The van der Waals surface area contributed by atoms with Gasteiger partial charge in [0.1, 0.15) is 5.75 Å². The first-order valence-corrected chi connectivity index (χ1v) is 9.62. The van der Waals surface area contributed by atoms with Gasteiger partial charge in [-0.3, -0.25) is 9.59 Å². The van der Waals surface area contributed by atoms with Crippen LogP contribution in [-0.4, -0.2) is 36.5 Å². The van der Waals surface area contributed by atoms with Crippen LogP contribution in [0.1, 0.15) is 31.8 Å². The molecule has 0 atom stereocenters. The molecule has 0 saturated carbocycles. The molecule has 3 aromatic carbocycles. The van der Waals surface area contributed by atoms with Gasteiger partial charge in [-0.2, -0.15) is 0 Å². The number of imide groups is 1. The summed E-state index contributed by atoms with van der Waals surface area (Å²) in [6.07, 6.45) is 1.68. The molecule has 0 unspecified atom stereocenters. The summed E-state index contributed by atoms with van der Waals surface area (Å²) in [5.74, 6) is -0.955. The average Bonchev–Trinajstić information content (AvgIpc) is 3.06. The molecule has 0 saturated heterocycles. The highest BCUT2D eigenvalue weighted by atomic mass is 16.5. The van der Waals surface area contributed by atoms with Crippen LogP contribution in [0.3, 0.4) is 0 Å². The Bertz CT molecular complexity index is 1150. The Hall–Kier alpha value is -4.19. The van der Waals surface area contributed by atoms with Gasteiger partial charge in [0.2, 0.25) is 0 Å². The van der Waals surface area contributed by atoms with E-state index in [-0.39, 0.29) is 0 Å². The summed E-state index contributed by atoms with van der Waals surface area (Å²) < 4.78 is 10.6. The summed E-state index contributed by atoms with van der Waals surface area (Å²) >= 11 is 0. The molecule has 0 aromatic heterocycles. The van der Waals surface area contributed by atoms with E-state index in [0.29, 0.717) is 28.0 Å². The standard InChI is InChI=1S/C25H19NO5/c1-30-19-11-7-8-17(14-19)15-22(18-9-3-2-4-10-18)25(29)31-16-26-23(27)20-12-5-6-13-21(20)24(26)28/h2-15H,16H2,1H3/b22-15+. The van der Waals surface area contributed by atoms with Gasteiger partial charge in [0.25, 0.3) is 11.8 Å². The zero-order chi connectivity index (χ0) is 21.8. The number of carbonyl (C=O) groups excluding carboxylic acids is 3. The van der Waals surface area contributed by atoms with E-state index in [4.69, 9.17) is 9.47 Å². The van der Waals surface area contributed by atoms with E-state index in [1.54, 1.807) is 61.7 Å². The molecule has 1 aliphatic rings. The minimum absolute atomic E-state index is 0.297. The number of nitrogens with zero attached hydrogens (tertiary/aromatic N) is 1. The Balaban J connectivity index is 1.58. The molecule has 3 aromatic rings. The number of ether oxygens (including phenoxy) is 2. The molecule has 0 fully saturated rings. The van der Waals surface area contributed by atoms with Crippen LogP contribution in [-0.2, 0) is 9.53 Å². The predicted molar refractivity (Wildman–Crippen MR) is 115 cm³/mol. The number of fused-ring (bicyclic) bond motifs is 1. The first-order valence-electron chi connectivity index (χ1n) is 9.62. The maximum Gasteiger partial charge on any atom is 0.340 e. The molecule has 1 aliphatic heterocycles. The van der Waals surface area contributed by atoms with Crippen LogP contribution in [0.15, 0.2) is 78.9 Å². The molecule has 1 heterocycles. The molecule has 6 heteroatoms. The number of methoxy groups -OCH3 is 1. The van der Waals surface area contributed by atoms with E-state index in [2.05, 4.69) is 0 Å². The molecule has 0 spiro atoms. The topological polar surface area (TPSA) is 72.9 Å². The fraction of sp³-hybridized carbons (Fsp3) is 0.0800. The van der Waals surface area contributed by atoms with E-state index in [1.807, 2.05) is 30.3 Å². The Morgan fingerprint density at radius 1 is 0.871 bits per heavy atom. The van der Waals surface area contributed by atoms with Crippen molar-refractivity contribution in [1.82, 2.24) is 4.90 Å². The zero-order valence-electron chi connectivity index (χ0n) is 16.8. The lowest BCUT2D eigenvalue weighted by Gasteiger charge is -2.15. The molecule has 4 rings (SSSR count). The summed E-state index contributed by atoms with van der Waals surface area (Å²) in [4.78, 5) is 38.9. The van der Waals surface area contributed by atoms with Crippen molar-refractivity contribution >= 4 is 29.4 Å². The van der Waals surface area contributed by atoms with Gasteiger partial charge in [-0.1, -0.05) is 54.6 Å². The molecule has 0 N–H and O–H groups in total. The average molecular weight is 413 g/mol. The third kappa shape index (κ3) is 4.09. The van der Waals surface area contributed by atoms with Crippen LogP contribution >= 0.6 is 0 Å². The molecule has 31 heavy (non-hydrogen) atoms. The summed E-state index contributed by atoms with van der Waals surface area (Å²) in [5, 5.41) is 0. The first-order chi connectivity index (χ1) is 15.1. The van der Waals surface area contributed by atoms with Crippen molar-refractivity contribution in [3.8, 4) is 5.75 Å². The van der Waals surface area contributed by atoms with Gasteiger partial charge < -0.3 is 9.47 Å². The normalized spacial score (nSPS) is 13.2. The fourth-order valence-electron chi connectivity index (χ4n) is 3.33. The lowest BCUT2D eigenvalue weighted by Crippen LogP contribution is -2.33. The highest BCUT2D eigenvalue weighted by molar-refractivity contribution is 6.23. The van der Waals surface area contributed by atoms with E-state index in [1.165, 1.54) is 0 Å². The Morgan fingerprint density at radius 2 is 1.52 bits per heavy atom. The van der Waals surface area contributed by atoms with Gasteiger partial charge in [0, 0.05) is 0 Å². The van der Waals surface area contributed by atoms with Crippen molar-refractivity contribution in [1.29, 1.82) is 0 Å². The second-order valence-corrected chi connectivity index (χ2v) is 6.85. The lowest BCUT2D eigenvalue weighted by molar-refractivity contribution is -0.139. The van der Waals surface area contributed by atoms with Crippen molar-refractivity contribution in [3.05, 3.63) is 101 Å². The third-order valence-electron chi connectivity index (χ3n) is 4.91. The SMILES string of the molecule is COc1cccc(/C=C(/C(=O)OCN2C(=O)c3ccccc3C2=O)c2ccccc2)c1. The molecular formula is C25H19NO5. The summed E-state index contributed by atoms with van der Waals surface area (Å²) in [6.45, 7) is -0.465. The van der Waals surface area contributed by atoms with Crippen LogP contribution in [0.4, 0.5) is 0 Å². The number of amides is 2. The molecule has 0 radical (unpaired) electrons. The molecule has 0 bridgehead atoms. The minimum Gasteiger partial charge on any atom is -0.497 e. The van der Waals surface area contributed by atoms with Crippen molar-refractivity contribution in [2.75, 3.05) is 13.8 Å². The highest BCUT2D eigenvalue weighted by Crippen LogP contribution is 2.25. The quantitative estimate of drug-likeness (QED) is 0.264. The van der Waals surface area contributed by atoms with E-state index >= 15 is 0 Å². The van der Waals surface area contributed by atoms with E-state index in [9.17, 15) is 14.4 Å². The summed E-state index contributed by atoms with van der Waals surface area (Å²) in [6, 6.07) is 22.8. The molecule has 6 nitrogen and oxygen atoms in total. The van der Waals surface area contributed by atoms with Crippen LogP contribution in [0.25, 0.3) is 11.6 Å². The fourth-order valence-corrected chi connectivity index (χ4v) is 3.33. The molecule has 0 aliphatic carbocycles. The minimum atomic E-state index is -0.648. The third-order valence-corrected chi connectivity index (χ3v) is 4.91. The lowest BCUT2D eigenvalue weighted by atomic mass is 10.0. The molecule has 154 valence electrons. The van der Waals surface area contributed by atoms with Crippen molar-refractivity contribution < 1.29 is 23.9 Å². The molecule has 2 amide bonds. The van der Waals surface area contributed by atoms with Gasteiger partial charge in [-0.15, -0.1) is 0 Å². The van der Waals surface area contributed by atoms with Gasteiger partial charge in [-0.25, -0.2) is 9.69 Å². The second kappa shape index (κ2) is 8.67. The Morgan fingerprint density at radius 3 is 2.16 bits per heavy atom. The van der Waals surface area contributed by atoms with Gasteiger partial charge in [0.05, 0.1) is 23.8 Å². The number of esters is 1. The number of benzene rings is 3. The second-order valence-electron chi connectivity index (χ2n) is 6.85. The van der Waals surface area contributed by atoms with Crippen molar-refractivity contribution in [2.24, 2.45) is 0 Å². The number of hydrogen-bond donors (Lipinski definition) is 0. The smallest absolute Gasteiger partial charge is 0.340 e. The zero-order valence-corrected chi connectivity index (χ0v) is 16.8. The largest absolute Gasteiger partial charge is 0.497 e. The first kappa shape index (κ1) is 20.1. The van der Waals surface area contributed by atoms with Crippen molar-refractivity contribution in [3.63, 3.8) is 0 Å². The number of carbonyl (C=O) groups is 3. The van der Waals surface area contributed by atoms with Crippen LogP contribution in [0.2, 0.25) is 0 Å². The monoisotopic (exact) mass is 413 g/mol. The summed E-state index contributed by atoms with van der Waals surface area (Å²) in [5.41, 5.74) is 2.30. The molecular weight excluding hydrogens is 394 g/mol. The van der Waals surface area contributed by atoms with E-state index in [0.717, 1.165) is 10.5 Å². The van der Waals surface area contributed by atoms with Crippen LogP contribution in [0, 0.1) is 0 Å². The number of rotatable bonds is 6. The van der Waals surface area contributed by atoms with Gasteiger partial charge >= 0.3 is 5.97 Å². The van der Waals surface area contributed by atoms with Crippen molar-refractivity contribution in [2.45, 2.75) is 0 Å². The Kier molecular flexibility index (Phi) is 5.62. The van der Waals surface area contributed by atoms with Gasteiger partial charge in [0.15, 0.2) is 6.73 Å². The highest BCUT2D eigenvalue weighted by Gasteiger charge is 2.36. The maximum absolute atomic E-state index is 13.0. The predicted octanol–water partition coefficient (Wildman–Crippen LogP) is 4.03. The van der Waals surface area contributed by atoms with Crippen LogP contribution in [0.5, 0.6) is 5.75 Å². The van der Waals surface area contributed by atoms with E-state index < -0.39 is 24.5 Å². The summed E-state index contributed by atoms with van der Waals surface area (Å²) in [7, 11) is 1.57. The Labute approximate surface area is 179 Å².